The van der Waals surface area contributed by atoms with E-state index in [0.29, 0.717) is 25.7 Å². The fourth-order valence-corrected chi connectivity index (χ4v) is 3.62. The summed E-state index contributed by atoms with van der Waals surface area (Å²) in [6.45, 7) is 3.36. The lowest BCUT2D eigenvalue weighted by atomic mass is 9.70. The normalized spacial score (nSPS) is 27.5. The number of aliphatic hydroxyl groups is 1. The number of ether oxygens (including phenoxy) is 1. The monoisotopic (exact) mass is 360 g/mol. The molecule has 0 aromatic heterocycles. The average Bonchev–Trinajstić information content (AvgIpc) is 2.73. The third-order valence-electron chi connectivity index (χ3n) is 4.94. The van der Waals surface area contributed by atoms with E-state index < -0.39 is 48.3 Å². The van der Waals surface area contributed by atoms with E-state index >= 15 is 0 Å². The molecule has 0 aromatic rings. The Kier molecular flexibility index (Phi) is 4.71. The summed E-state index contributed by atoms with van der Waals surface area (Å²) in [5.41, 5.74) is -7.15. The molecule has 2 aliphatic rings. The van der Waals surface area contributed by atoms with Gasteiger partial charge in [-0.1, -0.05) is 25.8 Å². The first-order valence-electron chi connectivity index (χ1n) is 7.59. The zero-order valence-electron chi connectivity index (χ0n) is 12.8. The van der Waals surface area contributed by atoms with E-state index in [9.17, 15) is 36.2 Å². The Labute approximate surface area is 134 Å². The maximum absolute atomic E-state index is 13.1. The van der Waals surface area contributed by atoms with Gasteiger partial charge < -0.3 is 9.84 Å². The molecular formula is C15H18F6O3. The van der Waals surface area contributed by atoms with Crippen molar-refractivity contribution in [3.63, 3.8) is 0 Å². The maximum atomic E-state index is 13.1. The summed E-state index contributed by atoms with van der Waals surface area (Å²) in [5.74, 6) is -1.68. The number of alkyl halides is 6. The highest BCUT2D eigenvalue weighted by molar-refractivity contribution is 5.90. The van der Waals surface area contributed by atoms with E-state index in [2.05, 4.69) is 6.58 Å². The van der Waals surface area contributed by atoms with Crippen molar-refractivity contribution in [1.29, 1.82) is 0 Å². The zero-order chi connectivity index (χ0) is 18.4. The first kappa shape index (κ1) is 19.1. The van der Waals surface area contributed by atoms with Crippen LogP contribution in [0.3, 0.4) is 0 Å². The summed E-state index contributed by atoms with van der Waals surface area (Å²) in [5, 5.41) is 9.54. The molecule has 1 unspecified atom stereocenters. The van der Waals surface area contributed by atoms with Gasteiger partial charge in [-0.3, -0.25) is 0 Å². The third kappa shape index (κ3) is 3.14. The fraction of sp³-hybridized carbons (Fsp3) is 0.800. The van der Waals surface area contributed by atoms with Crippen LogP contribution in [-0.4, -0.2) is 34.6 Å². The first-order valence-corrected chi connectivity index (χ1v) is 7.59. The third-order valence-corrected chi connectivity index (χ3v) is 4.94. The molecular weight excluding hydrogens is 342 g/mol. The molecule has 24 heavy (non-hydrogen) atoms. The number of hydrogen-bond acceptors (Lipinski definition) is 3. The van der Waals surface area contributed by atoms with Crippen molar-refractivity contribution < 1.29 is 41.0 Å². The molecule has 1 aliphatic heterocycles. The van der Waals surface area contributed by atoms with Crippen molar-refractivity contribution in [3.8, 4) is 0 Å². The van der Waals surface area contributed by atoms with Crippen LogP contribution in [0, 0.1) is 5.92 Å². The fourth-order valence-electron chi connectivity index (χ4n) is 3.62. The van der Waals surface area contributed by atoms with E-state index in [-0.39, 0.29) is 5.57 Å². The maximum Gasteiger partial charge on any atom is 0.426 e. The molecule has 0 aromatic carbocycles. The minimum absolute atomic E-state index is 0.174. The first-order chi connectivity index (χ1) is 10.8. The molecule has 1 N–H and O–H groups in total. The summed E-state index contributed by atoms with van der Waals surface area (Å²) in [7, 11) is 0. The van der Waals surface area contributed by atoms with Crippen molar-refractivity contribution in [3.05, 3.63) is 12.2 Å². The quantitative estimate of drug-likeness (QED) is 0.469. The molecule has 138 valence electrons. The molecule has 1 aliphatic carbocycles. The van der Waals surface area contributed by atoms with Gasteiger partial charge in [0.2, 0.25) is 0 Å². The van der Waals surface area contributed by atoms with Gasteiger partial charge in [0.05, 0.1) is 0 Å². The highest BCUT2D eigenvalue weighted by Crippen LogP contribution is 2.54. The Balaban J connectivity index is 2.44. The van der Waals surface area contributed by atoms with E-state index in [1.165, 1.54) is 0 Å². The Hall–Kier alpha value is -1.25. The van der Waals surface area contributed by atoms with Gasteiger partial charge in [-0.15, -0.1) is 0 Å². The van der Waals surface area contributed by atoms with Gasteiger partial charge in [0.15, 0.2) is 0 Å². The van der Waals surface area contributed by atoms with E-state index in [1.807, 2.05) is 0 Å². The highest BCUT2D eigenvalue weighted by Gasteiger charge is 2.73. The minimum atomic E-state index is -5.94. The molecule has 1 atom stereocenters. The predicted octanol–water partition coefficient (Wildman–Crippen LogP) is 4.05. The summed E-state index contributed by atoms with van der Waals surface area (Å²) in [6.07, 6.45) is -11.4. The summed E-state index contributed by atoms with van der Waals surface area (Å²) in [6, 6.07) is 0. The number of halogens is 6. The Morgan fingerprint density at radius 3 is 1.96 bits per heavy atom. The molecule has 1 saturated heterocycles. The van der Waals surface area contributed by atoms with Gasteiger partial charge in [0, 0.05) is 18.4 Å². The second kappa shape index (κ2) is 5.93. The Bertz CT molecular complexity index is 486. The number of hydrogen-bond donors (Lipinski definition) is 1. The Morgan fingerprint density at radius 2 is 1.58 bits per heavy atom. The van der Waals surface area contributed by atoms with Crippen LogP contribution in [0.2, 0.25) is 0 Å². The van der Waals surface area contributed by atoms with Gasteiger partial charge in [-0.2, -0.15) is 26.3 Å². The molecule has 0 bridgehead atoms. The molecule has 2 fully saturated rings. The molecule has 0 radical (unpaired) electrons. The summed E-state index contributed by atoms with van der Waals surface area (Å²) < 4.78 is 83.3. The molecule has 1 heterocycles. The van der Waals surface area contributed by atoms with Gasteiger partial charge >= 0.3 is 18.3 Å². The van der Waals surface area contributed by atoms with Crippen molar-refractivity contribution in [1.82, 2.24) is 0 Å². The van der Waals surface area contributed by atoms with Crippen molar-refractivity contribution in [2.75, 3.05) is 0 Å². The molecule has 9 heteroatoms. The SMILES string of the molecule is C=C1CC(CC(O)(C(F)(F)F)C(F)(F)F)(C2CCCCC2)OC1=O. The smallest absolute Gasteiger partial charge is 0.426 e. The van der Waals surface area contributed by atoms with Crippen LogP contribution in [-0.2, 0) is 9.53 Å². The van der Waals surface area contributed by atoms with E-state index in [0.717, 1.165) is 6.42 Å². The molecule has 2 rings (SSSR count). The number of carbonyl (C=O) groups excluding carboxylic acids is 1. The van der Waals surface area contributed by atoms with Gasteiger partial charge in [-0.25, -0.2) is 4.79 Å². The standard InChI is InChI=1S/C15H18F6O3/c1-9-7-12(24-11(9)22,10-5-3-2-4-6-10)8-13(23,14(16,17)18)15(19,20)21/h10,23H,1-8H2. The van der Waals surface area contributed by atoms with Crippen molar-refractivity contribution in [2.24, 2.45) is 5.92 Å². The van der Waals surface area contributed by atoms with E-state index in [4.69, 9.17) is 4.74 Å². The van der Waals surface area contributed by atoms with Gasteiger partial charge in [0.25, 0.3) is 5.60 Å². The van der Waals surface area contributed by atoms with Crippen LogP contribution >= 0.6 is 0 Å². The van der Waals surface area contributed by atoms with Crippen molar-refractivity contribution >= 4 is 5.97 Å². The van der Waals surface area contributed by atoms with Gasteiger partial charge in [0.1, 0.15) is 5.60 Å². The number of carbonyl (C=O) groups is 1. The second-order valence-electron chi connectivity index (χ2n) is 6.60. The molecule has 0 amide bonds. The van der Waals surface area contributed by atoms with Crippen LogP contribution < -0.4 is 0 Å². The van der Waals surface area contributed by atoms with Crippen molar-refractivity contribution in [2.45, 2.75) is 68.5 Å². The summed E-state index contributed by atoms with van der Waals surface area (Å²) >= 11 is 0. The Morgan fingerprint density at radius 1 is 1.08 bits per heavy atom. The van der Waals surface area contributed by atoms with Crippen LogP contribution in [0.1, 0.15) is 44.9 Å². The molecule has 0 spiro atoms. The van der Waals surface area contributed by atoms with Crippen LogP contribution in [0.5, 0.6) is 0 Å². The van der Waals surface area contributed by atoms with E-state index in [1.54, 1.807) is 0 Å². The van der Waals surface area contributed by atoms with Crippen LogP contribution in [0.4, 0.5) is 26.3 Å². The second-order valence-corrected chi connectivity index (χ2v) is 6.60. The number of esters is 1. The lowest BCUT2D eigenvalue weighted by molar-refractivity contribution is -0.379. The highest BCUT2D eigenvalue weighted by atomic mass is 19.4. The minimum Gasteiger partial charge on any atom is -0.455 e. The zero-order valence-corrected chi connectivity index (χ0v) is 12.8. The largest absolute Gasteiger partial charge is 0.455 e. The molecule has 3 nitrogen and oxygen atoms in total. The molecule has 1 saturated carbocycles. The van der Waals surface area contributed by atoms with Crippen LogP contribution in [0.25, 0.3) is 0 Å². The number of rotatable bonds is 3. The lowest BCUT2D eigenvalue weighted by Gasteiger charge is -2.43. The van der Waals surface area contributed by atoms with Gasteiger partial charge in [-0.05, 0) is 18.8 Å². The van der Waals surface area contributed by atoms with Crippen LogP contribution in [0.15, 0.2) is 12.2 Å². The summed E-state index contributed by atoms with van der Waals surface area (Å²) in [4.78, 5) is 11.7. The number of cyclic esters (lactones) is 1. The lowest BCUT2D eigenvalue weighted by Crippen LogP contribution is -2.61. The average molecular weight is 360 g/mol. The topological polar surface area (TPSA) is 46.5 Å². The predicted molar refractivity (Wildman–Crippen MR) is 70.8 cm³/mol.